The standard InChI is InChI=1S/C14H13BrClN3O/c1-19(8-9-4-2-3-5-11(9)15)14(20)10-6-13(16)18-7-12(10)17/h2-7H,8,17H2,1H3. The Balaban J connectivity index is 2.21. The number of anilines is 1. The van der Waals surface area contributed by atoms with Crippen LogP contribution in [0.5, 0.6) is 0 Å². The zero-order chi connectivity index (χ0) is 14.7. The second kappa shape index (κ2) is 6.24. The molecule has 0 aliphatic carbocycles. The van der Waals surface area contributed by atoms with Crippen LogP contribution in [-0.2, 0) is 6.54 Å². The molecule has 0 bridgehead atoms. The van der Waals surface area contributed by atoms with E-state index in [0.717, 1.165) is 10.0 Å². The van der Waals surface area contributed by atoms with Crippen molar-refractivity contribution in [2.24, 2.45) is 0 Å². The number of halogens is 2. The Kier molecular flexibility index (Phi) is 4.62. The van der Waals surface area contributed by atoms with Crippen LogP contribution in [-0.4, -0.2) is 22.8 Å². The topological polar surface area (TPSA) is 59.2 Å². The molecule has 0 radical (unpaired) electrons. The molecule has 6 heteroatoms. The van der Waals surface area contributed by atoms with E-state index in [1.54, 1.807) is 11.9 Å². The second-order valence-electron chi connectivity index (χ2n) is 4.35. The number of benzene rings is 1. The molecule has 2 aromatic rings. The third-order valence-electron chi connectivity index (χ3n) is 2.84. The van der Waals surface area contributed by atoms with Crippen LogP contribution in [0.15, 0.2) is 41.0 Å². The van der Waals surface area contributed by atoms with Crippen molar-refractivity contribution in [3.05, 3.63) is 57.3 Å². The summed E-state index contributed by atoms with van der Waals surface area (Å²) in [6, 6.07) is 9.23. The molecule has 20 heavy (non-hydrogen) atoms. The van der Waals surface area contributed by atoms with Gasteiger partial charge in [-0.2, -0.15) is 0 Å². The number of nitrogen functional groups attached to an aromatic ring is 1. The monoisotopic (exact) mass is 353 g/mol. The highest BCUT2D eigenvalue weighted by Gasteiger charge is 2.16. The van der Waals surface area contributed by atoms with Crippen LogP contribution >= 0.6 is 27.5 Å². The Morgan fingerprint density at radius 3 is 2.85 bits per heavy atom. The molecule has 0 spiro atoms. The first-order chi connectivity index (χ1) is 9.49. The van der Waals surface area contributed by atoms with Crippen LogP contribution in [0.25, 0.3) is 0 Å². The number of carbonyl (C=O) groups excluding carboxylic acids is 1. The molecule has 1 amide bonds. The molecular formula is C14H13BrClN3O. The number of pyridine rings is 1. The summed E-state index contributed by atoms with van der Waals surface area (Å²) in [4.78, 5) is 17.8. The fourth-order valence-corrected chi connectivity index (χ4v) is 2.35. The number of rotatable bonds is 3. The first kappa shape index (κ1) is 14.8. The van der Waals surface area contributed by atoms with Crippen LogP contribution in [0.3, 0.4) is 0 Å². The van der Waals surface area contributed by atoms with Gasteiger partial charge in [-0.1, -0.05) is 45.7 Å². The average Bonchev–Trinajstić information content (AvgIpc) is 2.43. The van der Waals surface area contributed by atoms with E-state index in [2.05, 4.69) is 20.9 Å². The lowest BCUT2D eigenvalue weighted by molar-refractivity contribution is 0.0786. The Hall–Kier alpha value is -1.59. The average molecular weight is 355 g/mol. The third kappa shape index (κ3) is 3.29. The zero-order valence-corrected chi connectivity index (χ0v) is 13.1. The summed E-state index contributed by atoms with van der Waals surface area (Å²) in [6.45, 7) is 0.472. The Labute approximate surface area is 130 Å². The number of carbonyl (C=O) groups is 1. The fourth-order valence-electron chi connectivity index (χ4n) is 1.79. The van der Waals surface area contributed by atoms with Gasteiger partial charge in [-0.25, -0.2) is 4.98 Å². The molecule has 0 saturated carbocycles. The van der Waals surface area contributed by atoms with Gasteiger partial charge in [0.15, 0.2) is 0 Å². The van der Waals surface area contributed by atoms with Crippen molar-refractivity contribution in [3.8, 4) is 0 Å². The van der Waals surface area contributed by atoms with Crippen molar-refractivity contribution in [1.29, 1.82) is 0 Å². The largest absolute Gasteiger partial charge is 0.397 e. The van der Waals surface area contributed by atoms with Gasteiger partial charge in [0, 0.05) is 18.1 Å². The number of hydrogen-bond acceptors (Lipinski definition) is 3. The smallest absolute Gasteiger partial charge is 0.256 e. The maximum Gasteiger partial charge on any atom is 0.256 e. The predicted octanol–water partition coefficient (Wildman–Crippen LogP) is 3.35. The van der Waals surface area contributed by atoms with Crippen molar-refractivity contribution in [1.82, 2.24) is 9.88 Å². The molecule has 0 aliphatic heterocycles. The molecule has 104 valence electrons. The summed E-state index contributed by atoms with van der Waals surface area (Å²) in [5.74, 6) is -0.192. The lowest BCUT2D eigenvalue weighted by Gasteiger charge is -2.19. The van der Waals surface area contributed by atoms with Crippen LogP contribution in [0, 0.1) is 0 Å². The van der Waals surface area contributed by atoms with E-state index in [4.69, 9.17) is 17.3 Å². The first-order valence-electron chi connectivity index (χ1n) is 5.89. The van der Waals surface area contributed by atoms with E-state index < -0.39 is 0 Å². The number of hydrogen-bond donors (Lipinski definition) is 1. The molecule has 1 aromatic heterocycles. The minimum atomic E-state index is -0.192. The van der Waals surface area contributed by atoms with Crippen LogP contribution in [0.1, 0.15) is 15.9 Å². The molecule has 2 rings (SSSR count). The first-order valence-corrected chi connectivity index (χ1v) is 7.06. The Morgan fingerprint density at radius 2 is 2.15 bits per heavy atom. The highest BCUT2D eigenvalue weighted by atomic mass is 79.9. The van der Waals surface area contributed by atoms with Gasteiger partial charge in [0.05, 0.1) is 17.4 Å². The highest BCUT2D eigenvalue weighted by molar-refractivity contribution is 9.10. The van der Waals surface area contributed by atoms with Gasteiger partial charge in [-0.15, -0.1) is 0 Å². The summed E-state index contributed by atoms with van der Waals surface area (Å²) >= 11 is 9.27. The minimum Gasteiger partial charge on any atom is -0.397 e. The quantitative estimate of drug-likeness (QED) is 0.860. The highest BCUT2D eigenvalue weighted by Crippen LogP contribution is 2.20. The predicted molar refractivity (Wildman–Crippen MR) is 83.6 cm³/mol. The number of amides is 1. The number of nitrogens with zero attached hydrogens (tertiary/aromatic N) is 2. The summed E-state index contributed by atoms with van der Waals surface area (Å²) in [5, 5.41) is 0.247. The number of nitrogens with two attached hydrogens (primary N) is 1. The van der Waals surface area contributed by atoms with Crippen LogP contribution in [0.4, 0.5) is 5.69 Å². The second-order valence-corrected chi connectivity index (χ2v) is 5.59. The normalized spacial score (nSPS) is 10.3. The van der Waals surface area contributed by atoms with Gasteiger partial charge in [0.1, 0.15) is 5.15 Å². The van der Waals surface area contributed by atoms with Gasteiger partial charge in [0.2, 0.25) is 0 Å². The lowest BCUT2D eigenvalue weighted by Crippen LogP contribution is -2.27. The minimum absolute atomic E-state index is 0.192. The van der Waals surface area contributed by atoms with E-state index >= 15 is 0 Å². The van der Waals surface area contributed by atoms with E-state index in [1.165, 1.54) is 12.3 Å². The van der Waals surface area contributed by atoms with Gasteiger partial charge in [0.25, 0.3) is 5.91 Å². The van der Waals surface area contributed by atoms with E-state index in [9.17, 15) is 4.79 Å². The van der Waals surface area contributed by atoms with E-state index in [1.807, 2.05) is 24.3 Å². The molecule has 4 nitrogen and oxygen atoms in total. The van der Waals surface area contributed by atoms with E-state index in [-0.39, 0.29) is 11.1 Å². The van der Waals surface area contributed by atoms with Crippen molar-refractivity contribution in [2.75, 3.05) is 12.8 Å². The molecule has 1 aromatic carbocycles. The fraction of sp³-hybridized carbons (Fsp3) is 0.143. The Morgan fingerprint density at radius 1 is 1.45 bits per heavy atom. The van der Waals surface area contributed by atoms with Gasteiger partial charge in [-0.3, -0.25) is 4.79 Å². The molecule has 0 aliphatic rings. The van der Waals surface area contributed by atoms with Crippen molar-refractivity contribution < 1.29 is 4.79 Å². The van der Waals surface area contributed by atoms with Gasteiger partial charge in [-0.05, 0) is 17.7 Å². The number of aromatic nitrogens is 1. The summed E-state index contributed by atoms with van der Waals surface area (Å²) in [6.07, 6.45) is 1.39. The molecular weight excluding hydrogens is 342 g/mol. The molecule has 0 saturated heterocycles. The van der Waals surface area contributed by atoms with Gasteiger partial charge < -0.3 is 10.6 Å². The lowest BCUT2D eigenvalue weighted by atomic mass is 10.1. The third-order valence-corrected chi connectivity index (χ3v) is 3.82. The van der Waals surface area contributed by atoms with Crippen molar-refractivity contribution in [3.63, 3.8) is 0 Å². The summed E-state index contributed by atoms with van der Waals surface area (Å²) in [7, 11) is 1.72. The van der Waals surface area contributed by atoms with Crippen LogP contribution in [0.2, 0.25) is 5.15 Å². The maximum atomic E-state index is 12.4. The maximum absolute atomic E-state index is 12.4. The molecule has 0 atom stereocenters. The Bertz CT molecular complexity index is 648. The molecule has 2 N–H and O–H groups in total. The summed E-state index contributed by atoms with van der Waals surface area (Å²) < 4.78 is 0.959. The van der Waals surface area contributed by atoms with Gasteiger partial charge >= 0.3 is 0 Å². The van der Waals surface area contributed by atoms with E-state index in [0.29, 0.717) is 17.8 Å². The zero-order valence-electron chi connectivity index (χ0n) is 10.8. The van der Waals surface area contributed by atoms with Crippen molar-refractivity contribution >= 4 is 39.1 Å². The van der Waals surface area contributed by atoms with Crippen LogP contribution < -0.4 is 5.73 Å². The summed E-state index contributed by atoms with van der Waals surface area (Å²) in [5.41, 5.74) is 7.47. The molecule has 0 unspecified atom stereocenters. The molecule has 0 fully saturated rings. The molecule has 1 heterocycles. The van der Waals surface area contributed by atoms with Crippen molar-refractivity contribution in [2.45, 2.75) is 6.54 Å². The SMILES string of the molecule is CN(Cc1ccccc1Br)C(=O)c1cc(Cl)ncc1N.